The lowest BCUT2D eigenvalue weighted by molar-refractivity contribution is 0.710. The molecule has 4 heteroatoms. The summed E-state index contributed by atoms with van der Waals surface area (Å²) in [6.45, 7) is 2.24. The molecule has 0 saturated carbocycles. The van der Waals surface area contributed by atoms with Crippen LogP contribution >= 0.6 is 0 Å². The molecule has 0 spiro atoms. The van der Waals surface area contributed by atoms with E-state index < -0.39 is 0 Å². The molecule has 0 bridgehead atoms. The lowest BCUT2D eigenvalue weighted by atomic mass is 9.86. The van der Waals surface area contributed by atoms with Crippen molar-refractivity contribution in [2.45, 2.75) is 19.3 Å². The minimum Gasteiger partial charge on any atom is -0.313 e. The minimum absolute atomic E-state index is 0.221. The van der Waals surface area contributed by atoms with Gasteiger partial charge < -0.3 is 4.57 Å². The first kappa shape index (κ1) is 37.4. The first-order valence-corrected chi connectivity index (χ1v) is 21.9. The predicted octanol–water partition coefficient (Wildman–Crippen LogP) is 15.6. The Labute approximate surface area is 371 Å². The van der Waals surface area contributed by atoms with E-state index in [1.807, 2.05) is 36.7 Å². The molecule has 0 amide bonds. The molecular weight excluding hydrogens is 777 g/mol. The van der Waals surface area contributed by atoms with E-state index in [9.17, 15) is 5.26 Å². The van der Waals surface area contributed by atoms with Crippen LogP contribution in [0.25, 0.3) is 111 Å². The fourth-order valence-electron chi connectivity index (χ4n) is 10.2. The van der Waals surface area contributed by atoms with E-state index in [4.69, 9.17) is 9.97 Å². The van der Waals surface area contributed by atoms with E-state index >= 15 is 0 Å². The van der Waals surface area contributed by atoms with Crippen molar-refractivity contribution in [1.82, 2.24) is 14.5 Å². The highest BCUT2D eigenvalue weighted by Gasteiger charge is 2.27. The van der Waals surface area contributed by atoms with Gasteiger partial charge in [-0.3, -0.25) is 9.97 Å². The summed E-state index contributed by atoms with van der Waals surface area (Å²) >= 11 is 0. The van der Waals surface area contributed by atoms with E-state index in [2.05, 4.69) is 187 Å². The van der Waals surface area contributed by atoms with Gasteiger partial charge in [-0.1, -0.05) is 116 Å². The van der Waals surface area contributed by atoms with Crippen LogP contribution in [0.3, 0.4) is 0 Å². The van der Waals surface area contributed by atoms with E-state index in [-0.39, 0.29) is 5.92 Å². The molecule has 11 aromatic rings. The number of nitriles is 1. The number of fused-ring (bicyclic) bond motifs is 8. The highest BCUT2D eigenvalue weighted by atomic mass is 15.0. The Morgan fingerprint density at radius 2 is 1.00 bits per heavy atom. The molecule has 8 aromatic carbocycles. The number of hydrogen-bond acceptors (Lipinski definition) is 3. The van der Waals surface area contributed by atoms with E-state index in [0.717, 1.165) is 68.0 Å². The van der Waals surface area contributed by atoms with Crippen LogP contribution in [0.5, 0.6) is 0 Å². The Morgan fingerprint density at radius 3 is 1.59 bits per heavy atom. The number of pyridine rings is 2. The number of nitrogens with zero attached hydrogens (tertiary/aromatic N) is 4. The Morgan fingerprint density at radius 1 is 0.469 bits per heavy atom. The maximum Gasteiger partial charge on any atom is 0.0947 e. The van der Waals surface area contributed by atoms with Crippen LogP contribution in [0.1, 0.15) is 30.5 Å². The molecule has 3 aromatic heterocycles. The molecule has 0 N–H and O–H groups in total. The van der Waals surface area contributed by atoms with Crippen LogP contribution in [0.4, 0.5) is 0 Å². The summed E-state index contributed by atoms with van der Waals surface area (Å²) in [5.41, 5.74) is 16.5. The van der Waals surface area contributed by atoms with Gasteiger partial charge in [-0.05, 0) is 157 Å². The summed E-state index contributed by atoms with van der Waals surface area (Å²) in [4.78, 5) is 9.49. The van der Waals surface area contributed by atoms with Gasteiger partial charge in [0.2, 0.25) is 0 Å². The predicted molar refractivity (Wildman–Crippen MR) is 265 cm³/mol. The number of allylic oxidation sites excluding steroid dienone is 1. The summed E-state index contributed by atoms with van der Waals surface area (Å²) in [6.07, 6.45) is 6.56. The number of benzene rings is 8. The van der Waals surface area contributed by atoms with Gasteiger partial charge in [0.05, 0.1) is 23.0 Å². The maximum absolute atomic E-state index is 9.98. The molecule has 1 atom stereocenters. The molecule has 64 heavy (non-hydrogen) atoms. The van der Waals surface area contributed by atoms with Gasteiger partial charge in [-0.2, -0.15) is 5.26 Å². The normalized spacial score (nSPS) is 13.6. The summed E-state index contributed by atoms with van der Waals surface area (Å²) in [5.74, 6) is 0.221. The number of rotatable bonds is 6. The van der Waals surface area contributed by atoms with Crippen LogP contribution in [-0.2, 0) is 0 Å². The first-order valence-electron chi connectivity index (χ1n) is 21.9. The van der Waals surface area contributed by atoms with Crippen LogP contribution in [0, 0.1) is 11.3 Å². The Kier molecular flexibility index (Phi) is 8.88. The fraction of sp³-hybridized carbons (Fsp3) is 0.0500. The second-order valence-electron chi connectivity index (χ2n) is 16.9. The molecule has 0 saturated heterocycles. The SMILES string of the molecule is CC1CC(C#N)=Cc2c1n(-c1ccccc1)c1ccc(-c3ccc(-c4cc5c6ccccc6c(-c6cc(-c7ccccn7)cc(-c7ccccn7)c6)cc5c5ccccc45)cc3)cc21. The van der Waals surface area contributed by atoms with Gasteiger partial charge in [0, 0.05) is 57.3 Å². The van der Waals surface area contributed by atoms with Crippen molar-refractivity contribution in [3.05, 3.63) is 217 Å². The standard InChI is InChI=1S/C60H40N4/c1-38-29-39(37-61)30-56-55-34-42(25-26-59(55)64(60(38)56)46-13-3-2-4-14-46)40-21-23-41(24-22-40)51-35-53-50-18-8-6-16-48(50)52(36-54(53)49-17-7-5-15-47(49)51)43-31-44(57-19-9-11-27-62-57)33-45(32-43)58-20-10-12-28-63-58/h2-28,30-36,38H,29H2,1H3. The molecule has 300 valence electrons. The third kappa shape index (κ3) is 6.21. The van der Waals surface area contributed by atoms with Crippen molar-refractivity contribution in [3.8, 4) is 67.7 Å². The van der Waals surface area contributed by atoms with Gasteiger partial charge in [-0.25, -0.2) is 0 Å². The Balaban J connectivity index is 0.997. The van der Waals surface area contributed by atoms with E-state index in [1.54, 1.807) is 0 Å². The first-order chi connectivity index (χ1) is 31.6. The molecule has 0 fully saturated rings. The highest BCUT2D eigenvalue weighted by Crippen LogP contribution is 2.45. The monoisotopic (exact) mass is 816 g/mol. The number of aromatic nitrogens is 3. The third-order valence-corrected chi connectivity index (χ3v) is 13.1. The smallest absolute Gasteiger partial charge is 0.0947 e. The van der Waals surface area contributed by atoms with Crippen LogP contribution in [-0.4, -0.2) is 14.5 Å². The third-order valence-electron chi connectivity index (χ3n) is 13.1. The summed E-state index contributed by atoms with van der Waals surface area (Å²) in [7, 11) is 0. The van der Waals surface area contributed by atoms with Crippen molar-refractivity contribution in [2.75, 3.05) is 0 Å². The topological polar surface area (TPSA) is 54.5 Å². The molecule has 0 aliphatic heterocycles. The van der Waals surface area contributed by atoms with Gasteiger partial charge in [-0.15, -0.1) is 0 Å². The zero-order chi connectivity index (χ0) is 42.7. The molecule has 4 nitrogen and oxygen atoms in total. The second kappa shape index (κ2) is 15.2. The molecule has 3 heterocycles. The zero-order valence-electron chi connectivity index (χ0n) is 35.2. The van der Waals surface area contributed by atoms with Crippen LogP contribution in [0.15, 0.2) is 206 Å². The van der Waals surface area contributed by atoms with Crippen molar-refractivity contribution in [2.24, 2.45) is 0 Å². The van der Waals surface area contributed by atoms with Gasteiger partial charge in [0.1, 0.15) is 0 Å². The van der Waals surface area contributed by atoms with Crippen LogP contribution in [0.2, 0.25) is 0 Å². The maximum atomic E-state index is 9.98. The zero-order valence-corrected chi connectivity index (χ0v) is 35.2. The average Bonchev–Trinajstić information content (AvgIpc) is 3.70. The summed E-state index contributed by atoms with van der Waals surface area (Å²) in [5, 5.41) is 18.4. The lowest BCUT2D eigenvalue weighted by Crippen LogP contribution is -2.09. The van der Waals surface area contributed by atoms with Crippen molar-refractivity contribution < 1.29 is 0 Å². The number of para-hydroxylation sites is 1. The quantitative estimate of drug-likeness (QED) is 0.157. The molecule has 12 rings (SSSR count). The Bertz CT molecular complexity index is 3630. The Hall–Kier alpha value is -8.39. The van der Waals surface area contributed by atoms with Gasteiger partial charge in [0.15, 0.2) is 0 Å². The van der Waals surface area contributed by atoms with Crippen molar-refractivity contribution in [3.63, 3.8) is 0 Å². The van der Waals surface area contributed by atoms with Crippen molar-refractivity contribution >= 4 is 49.3 Å². The van der Waals surface area contributed by atoms with Crippen LogP contribution < -0.4 is 0 Å². The van der Waals surface area contributed by atoms with Gasteiger partial charge >= 0.3 is 0 Å². The summed E-state index contributed by atoms with van der Waals surface area (Å²) in [6, 6.07) is 70.2. The number of hydrogen-bond donors (Lipinski definition) is 0. The fourth-order valence-corrected chi connectivity index (χ4v) is 10.2. The molecule has 1 unspecified atom stereocenters. The molecule has 0 radical (unpaired) electrons. The second-order valence-corrected chi connectivity index (χ2v) is 16.9. The average molecular weight is 817 g/mol. The molecule has 1 aliphatic carbocycles. The largest absolute Gasteiger partial charge is 0.313 e. The van der Waals surface area contributed by atoms with Gasteiger partial charge in [0.25, 0.3) is 0 Å². The molecular formula is C60H40N4. The molecule has 1 aliphatic rings. The lowest BCUT2D eigenvalue weighted by Gasteiger charge is -2.21. The van der Waals surface area contributed by atoms with Crippen molar-refractivity contribution in [1.29, 1.82) is 5.26 Å². The minimum atomic E-state index is 0.221. The summed E-state index contributed by atoms with van der Waals surface area (Å²) < 4.78 is 2.39. The van der Waals surface area contributed by atoms with E-state index in [0.29, 0.717) is 0 Å². The van der Waals surface area contributed by atoms with E-state index in [1.165, 1.54) is 60.1 Å². The highest BCUT2D eigenvalue weighted by molar-refractivity contribution is 6.24.